The van der Waals surface area contributed by atoms with E-state index in [1.807, 2.05) is 61.5 Å². The SMILES string of the molecule is Cc1cc(C)n([C@@H](C)CNC(=O)Nc2ccc(N3CCCC3=O)c(C)c2)n1. The van der Waals surface area contributed by atoms with Gasteiger partial charge < -0.3 is 15.5 Å². The lowest BCUT2D eigenvalue weighted by Gasteiger charge is -2.19. The van der Waals surface area contributed by atoms with Crippen LogP contribution in [-0.4, -0.2) is 34.8 Å². The maximum atomic E-state index is 12.2. The molecular formula is C20H27N5O2. The fraction of sp³-hybridized carbons (Fsp3) is 0.450. The molecule has 144 valence electrons. The highest BCUT2D eigenvalue weighted by Crippen LogP contribution is 2.27. The normalized spacial score (nSPS) is 15.1. The first-order chi connectivity index (χ1) is 12.8. The smallest absolute Gasteiger partial charge is 0.319 e. The summed E-state index contributed by atoms with van der Waals surface area (Å²) in [6.07, 6.45) is 1.50. The Kier molecular flexibility index (Phi) is 5.48. The maximum absolute atomic E-state index is 12.2. The Morgan fingerprint density at radius 2 is 2.04 bits per heavy atom. The molecule has 0 unspecified atom stereocenters. The second-order valence-electron chi connectivity index (χ2n) is 7.21. The molecule has 0 radical (unpaired) electrons. The van der Waals surface area contributed by atoms with Gasteiger partial charge in [0.25, 0.3) is 0 Å². The second kappa shape index (κ2) is 7.82. The van der Waals surface area contributed by atoms with Crippen LogP contribution in [0.15, 0.2) is 24.3 Å². The molecule has 1 aromatic heterocycles. The zero-order valence-electron chi connectivity index (χ0n) is 16.4. The summed E-state index contributed by atoms with van der Waals surface area (Å²) in [4.78, 5) is 26.0. The zero-order chi connectivity index (χ0) is 19.6. The molecule has 1 aromatic carbocycles. The molecule has 2 aromatic rings. The van der Waals surface area contributed by atoms with Crippen LogP contribution in [0.25, 0.3) is 0 Å². The molecule has 1 aliphatic rings. The van der Waals surface area contributed by atoms with Crippen LogP contribution in [0.3, 0.4) is 0 Å². The predicted octanol–water partition coefficient (Wildman–Crippen LogP) is 3.32. The van der Waals surface area contributed by atoms with Gasteiger partial charge in [-0.3, -0.25) is 9.48 Å². The summed E-state index contributed by atoms with van der Waals surface area (Å²) >= 11 is 0. The molecule has 2 N–H and O–H groups in total. The number of aryl methyl sites for hydroxylation is 3. The summed E-state index contributed by atoms with van der Waals surface area (Å²) in [5.74, 6) is 0.162. The van der Waals surface area contributed by atoms with Crippen LogP contribution in [0.1, 0.15) is 42.8 Å². The van der Waals surface area contributed by atoms with Gasteiger partial charge in [0.1, 0.15) is 0 Å². The molecular weight excluding hydrogens is 342 g/mol. The van der Waals surface area contributed by atoms with Gasteiger partial charge in [0.2, 0.25) is 5.91 Å². The van der Waals surface area contributed by atoms with Gasteiger partial charge in [0, 0.05) is 36.6 Å². The van der Waals surface area contributed by atoms with Crippen molar-refractivity contribution < 1.29 is 9.59 Å². The number of nitrogens with one attached hydrogen (secondary N) is 2. The maximum Gasteiger partial charge on any atom is 0.319 e. The molecule has 3 rings (SSSR count). The molecule has 0 aliphatic carbocycles. The number of aromatic nitrogens is 2. The van der Waals surface area contributed by atoms with E-state index in [2.05, 4.69) is 15.7 Å². The molecule has 1 atom stereocenters. The van der Waals surface area contributed by atoms with E-state index >= 15 is 0 Å². The molecule has 27 heavy (non-hydrogen) atoms. The number of nitrogens with zero attached hydrogens (tertiary/aromatic N) is 3. The van der Waals surface area contributed by atoms with Gasteiger partial charge in [0.05, 0.1) is 11.7 Å². The first-order valence-electron chi connectivity index (χ1n) is 9.34. The van der Waals surface area contributed by atoms with Gasteiger partial charge >= 0.3 is 6.03 Å². The Morgan fingerprint density at radius 1 is 1.26 bits per heavy atom. The first kappa shape index (κ1) is 18.9. The third-order valence-electron chi connectivity index (χ3n) is 4.84. The molecule has 1 aliphatic heterocycles. The summed E-state index contributed by atoms with van der Waals surface area (Å²) in [6, 6.07) is 7.45. The number of amides is 3. The Morgan fingerprint density at radius 3 is 2.63 bits per heavy atom. The van der Waals surface area contributed by atoms with Crippen molar-refractivity contribution in [3.05, 3.63) is 41.2 Å². The summed E-state index contributed by atoms with van der Waals surface area (Å²) in [7, 11) is 0. The van der Waals surface area contributed by atoms with Crippen LogP contribution in [0.5, 0.6) is 0 Å². The summed E-state index contributed by atoms with van der Waals surface area (Å²) in [5.41, 5.74) is 4.64. The Labute approximate surface area is 159 Å². The summed E-state index contributed by atoms with van der Waals surface area (Å²) in [6.45, 7) is 9.18. The van der Waals surface area contributed by atoms with Crippen molar-refractivity contribution in [1.29, 1.82) is 0 Å². The monoisotopic (exact) mass is 369 g/mol. The zero-order valence-corrected chi connectivity index (χ0v) is 16.4. The van der Waals surface area contributed by atoms with Crippen LogP contribution in [0, 0.1) is 20.8 Å². The van der Waals surface area contributed by atoms with E-state index in [-0.39, 0.29) is 18.0 Å². The van der Waals surface area contributed by atoms with E-state index in [1.165, 1.54) is 0 Å². The lowest BCUT2D eigenvalue weighted by Crippen LogP contribution is -2.33. The molecule has 3 amide bonds. The van der Waals surface area contributed by atoms with Crippen molar-refractivity contribution in [3.8, 4) is 0 Å². The molecule has 0 spiro atoms. The third-order valence-corrected chi connectivity index (χ3v) is 4.84. The van der Waals surface area contributed by atoms with Crippen molar-refractivity contribution in [2.75, 3.05) is 23.3 Å². The highest BCUT2D eigenvalue weighted by molar-refractivity contribution is 5.96. The van der Waals surface area contributed by atoms with Crippen molar-refractivity contribution >= 4 is 23.3 Å². The number of carbonyl (C=O) groups is 2. The molecule has 2 heterocycles. The molecule has 0 bridgehead atoms. The lowest BCUT2D eigenvalue weighted by molar-refractivity contribution is -0.117. The fourth-order valence-corrected chi connectivity index (χ4v) is 3.53. The standard InChI is InChI=1S/C20H27N5O2/c1-13-10-17(7-8-18(13)24-9-5-6-19(24)26)22-20(27)21-12-16(4)25-15(3)11-14(2)23-25/h7-8,10-11,16H,5-6,9,12H2,1-4H3,(H2,21,22,27)/t16-/m0/s1. The molecule has 7 heteroatoms. The van der Waals surface area contributed by atoms with Crippen LogP contribution in [0.2, 0.25) is 0 Å². The highest BCUT2D eigenvalue weighted by Gasteiger charge is 2.23. The Balaban J connectivity index is 1.57. The van der Waals surface area contributed by atoms with Gasteiger partial charge in [0.15, 0.2) is 0 Å². The number of benzene rings is 1. The van der Waals surface area contributed by atoms with Crippen molar-refractivity contribution in [2.24, 2.45) is 0 Å². The van der Waals surface area contributed by atoms with Crippen molar-refractivity contribution in [3.63, 3.8) is 0 Å². The number of rotatable bonds is 5. The minimum atomic E-state index is -0.257. The van der Waals surface area contributed by atoms with Gasteiger partial charge in [-0.15, -0.1) is 0 Å². The molecule has 7 nitrogen and oxygen atoms in total. The average molecular weight is 369 g/mol. The molecule has 1 fully saturated rings. The Bertz CT molecular complexity index is 858. The minimum absolute atomic E-state index is 0.0646. The molecule has 0 saturated carbocycles. The third kappa shape index (κ3) is 4.30. The Hall–Kier alpha value is -2.83. The fourth-order valence-electron chi connectivity index (χ4n) is 3.53. The van der Waals surface area contributed by atoms with E-state index in [4.69, 9.17) is 0 Å². The largest absolute Gasteiger partial charge is 0.336 e. The van der Waals surface area contributed by atoms with Crippen molar-refractivity contribution in [1.82, 2.24) is 15.1 Å². The summed E-state index contributed by atoms with van der Waals surface area (Å²) < 4.78 is 1.92. The van der Waals surface area contributed by atoms with E-state index in [0.29, 0.717) is 18.7 Å². The second-order valence-corrected chi connectivity index (χ2v) is 7.21. The van der Waals surface area contributed by atoms with Gasteiger partial charge in [-0.25, -0.2) is 4.79 Å². The average Bonchev–Trinajstić information content (AvgIpc) is 3.18. The number of anilines is 2. The first-order valence-corrected chi connectivity index (χ1v) is 9.34. The highest BCUT2D eigenvalue weighted by atomic mass is 16.2. The number of urea groups is 1. The minimum Gasteiger partial charge on any atom is -0.336 e. The topological polar surface area (TPSA) is 79.3 Å². The van der Waals surface area contributed by atoms with Crippen LogP contribution in [0.4, 0.5) is 16.2 Å². The van der Waals surface area contributed by atoms with Crippen molar-refractivity contribution in [2.45, 2.75) is 46.6 Å². The van der Waals surface area contributed by atoms with E-state index in [1.54, 1.807) is 0 Å². The van der Waals surface area contributed by atoms with E-state index in [0.717, 1.165) is 35.6 Å². The van der Waals surface area contributed by atoms with Crippen LogP contribution in [-0.2, 0) is 4.79 Å². The number of carbonyl (C=O) groups excluding carboxylic acids is 2. The quantitative estimate of drug-likeness (QED) is 0.848. The molecule has 1 saturated heterocycles. The van der Waals surface area contributed by atoms with Gasteiger partial charge in [-0.2, -0.15) is 5.10 Å². The summed E-state index contributed by atoms with van der Waals surface area (Å²) in [5, 5.41) is 10.2. The predicted molar refractivity (Wildman–Crippen MR) is 106 cm³/mol. The lowest BCUT2D eigenvalue weighted by atomic mass is 10.1. The van der Waals surface area contributed by atoms with Crippen LogP contribution >= 0.6 is 0 Å². The number of hydrogen-bond donors (Lipinski definition) is 2. The van der Waals surface area contributed by atoms with Gasteiger partial charge in [-0.05, 0) is 63.9 Å². The number of hydrogen-bond acceptors (Lipinski definition) is 3. The van der Waals surface area contributed by atoms with E-state index < -0.39 is 0 Å². The van der Waals surface area contributed by atoms with Gasteiger partial charge in [-0.1, -0.05) is 0 Å². The van der Waals surface area contributed by atoms with Crippen LogP contribution < -0.4 is 15.5 Å². The van der Waals surface area contributed by atoms with E-state index in [9.17, 15) is 9.59 Å².